The van der Waals surface area contributed by atoms with Gasteiger partial charge in [-0.05, 0) is 36.4 Å². The maximum atomic E-state index is 13.0. The Balaban J connectivity index is 1.64. The van der Waals surface area contributed by atoms with Gasteiger partial charge in [0, 0.05) is 29.1 Å². The summed E-state index contributed by atoms with van der Waals surface area (Å²) >= 11 is 5.97. The number of amides is 1. The van der Waals surface area contributed by atoms with Gasteiger partial charge in [0.05, 0.1) is 24.9 Å². The van der Waals surface area contributed by atoms with Gasteiger partial charge in [-0.15, -0.1) is 0 Å². The van der Waals surface area contributed by atoms with Crippen molar-refractivity contribution in [3.05, 3.63) is 70.4 Å². The molecule has 1 aliphatic rings. The molecule has 26 heavy (non-hydrogen) atoms. The van der Waals surface area contributed by atoms with Crippen molar-refractivity contribution in [1.82, 2.24) is 10.1 Å². The third-order valence-corrected chi connectivity index (χ3v) is 4.82. The summed E-state index contributed by atoms with van der Waals surface area (Å²) in [7, 11) is 1.57. The van der Waals surface area contributed by atoms with E-state index in [1.54, 1.807) is 24.1 Å². The van der Waals surface area contributed by atoms with E-state index >= 15 is 0 Å². The van der Waals surface area contributed by atoms with Crippen LogP contribution in [0.4, 0.5) is 0 Å². The zero-order chi connectivity index (χ0) is 18.1. The lowest BCUT2D eigenvalue weighted by Gasteiger charge is -2.27. The quantitative estimate of drug-likeness (QED) is 0.695. The van der Waals surface area contributed by atoms with E-state index in [1.807, 2.05) is 36.4 Å². The second-order valence-electron chi connectivity index (χ2n) is 6.12. The third-order valence-electron chi connectivity index (χ3n) is 4.57. The predicted molar refractivity (Wildman–Crippen MR) is 98.4 cm³/mol. The first-order chi connectivity index (χ1) is 12.7. The van der Waals surface area contributed by atoms with Crippen molar-refractivity contribution in [2.75, 3.05) is 13.7 Å². The van der Waals surface area contributed by atoms with Gasteiger partial charge in [0.2, 0.25) is 0 Å². The molecule has 1 aromatic heterocycles. The lowest BCUT2D eigenvalue weighted by molar-refractivity contribution is 0.0731. The fourth-order valence-electron chi connectivity index (χ4n) is 3.21. The van der Waals surface area contributed by atoms with Gasteiger partial charge in [-0.1, -0.05) is 28.9 Å². The standard InChI is InChI=1S/C20H17ClN2O3/c1-25-18-5-3-2-4-15(18)20(24)23-11-10-17-16(12-23)19(26-22-17)13-6-8-14(21)9-7-13/h2-9H,10-12H2,1H3. The molecule has 0 unspecified atom stereocenters. The Bertz CT molecular complexity index is 950. The molecule has 4 rings (SSSR count). The van der Waals surface area contributed by atoms with E-state index in [1.165, 1.54) is 0 Å². The molecule has 1 aliphatic heterocycles. The van der Waals surface area contributed by atoms with Crippen molar-refractivity contribution >= 4 is 17.5 Å². The van der Waals surface area contributed by atoms with E-state index < -0.39 is 0 Å². The monoisotopic (exact) mass is 368 g/mol. The molecule has 2 aromatic carbocycles. The van der Waals surface area contributed by atoms with Crippen molar-refractivity contribution in [2.24, 2.45) is 0 Å². The Morgan fingerprint density at radius 1 is 1.19 bits per heavy atom. The molecule has 0 saturated heterocycles. The van der Waals surface area contributed by atoms with E-state index in [-0.39, 0.29) is 5.91 Å². The van der Waals surface area contributed by atoms with Gasteiger partial charge in [-0.3, -0.25) is 4.79 Å². The number of ether oxygens (including phenoxy) is 1. The maximum Gasteiger partial charge on any atom is 0.257 e. The largest absolute Gasteiger partial charge is 0.496 e. The lowest BCUT2D eigenvalue weighted by Crippen LogP contribution is -2.36. The van der Waals surface area contributed by atoms with Crippen LogP contribution < -0.4 is 4.74 Å². The van der Waals surface area contributed by atoms with Crippen molar-refractivity contribution in [3.63, 3.8) is 0 Å². The van der Waals surface area contributed by atoms with Crippen LogP contribution >= 0.6 is 11.6 Å². The number of para-hydroxylation sites is 1. The van der Waals surface area contributed by atoms with Crippen LogP contribution in [-0.2, 0) is 13.0 Å². The minimum absolute atomic E-state index is 0.0589. The average Bonchev–Trinajstić information content (AvgIpc) is 3.11. The summed E-state index contributed by atoms with van der Waals surface area (Å²) < 4.78 is 10.9. The molecule has 0 radical (unpaired) electrons. The van der Waals surface area contributed by atoms with E-state index in [2.05, 4.69) is 5.16 Å². The number of hydrogen-bond donors (Lipinski definition) is 0. The lowest BCUT2D eigenvalue weighted by atomic mass is 10.0. The first-order valence-electron chi connectivity index (χ1n) is 8.33. The highest BCUT2D eigenvalue weighted by molar-refractivity contribution is 6.30. The summed E-state index contributed by atoms with van der Waals surface area (Å²) in [6.07, 6.45) is 0.660. The zero-order valence-electron chi connectivity index (χ0n) is 14.2. The summed E-state index contributed by atoms with van der Waals surface area (Å²) in [5, 5.41) is 4.85. The van der Waals surface area contributed by atoms with E-state index in [4.69, 9.17) is 20.9 Å². The van der Waals surface area contributed by atoms with Gasteiger partial charge < -0.3 is 14.2 Å². The first kappa shape index (κ1) is 16.7. The minimum atomic E-state index is -0.0589. The smallest absolute Gasteiger partial charge is 0.257 e. The Morgan fingerprint density at radius 3 is 2.73 bits per heavy atom. The van der Waals surface area contributed by atoms with Crippen molar-refractivity contribution in [3.8, 4) is 17.1 Å². The molecule has 2 heterocycles. The van der Waals surface area contributed by atoms with Gasteiger partial charge in [-0.2, -0.15) is 0 Å². The Kier molecular flexibility index (Phi) is 4.39. The van der Waals surface area contributed by atoms with Crippen LogP contribution in [0.25, 0.3) is 11.3 Å². The normalized spacial score (nSPS) is 13.4. The number of aromatic nitrogens is 1. The third kappa shape index (κ3) is 2.95. The van der Waals surface area contributed by atoms with Crippen LogP contribution in [0.5, 0.6) is 5.75 Å². The molecule has 0 aliphatic carbocycles. The van der Waals surface area contributed by atoms with Gasteiger partial charge in [0.25, 0.3) is 5.91 Å². The molecule has 0 N–H and O–H groups in total. The number of nitrogens with zero attached hydrogens (tertiary/aromatic N) is 2. The number of fused-ring (bicyclic) bond motifs is 1. The summed E-state index contributed by atoms with van der Waals surface area (Å²) in [6, 6.07) is 14.7. The van der Waals surface area contributed by atoms with Gasteiger partial charge in [0.15, 0.2) is 5.76 Å². The molecule has 0 fully saturated rings. The van der Waals surface area contributed by atoms with E-state index in [0.717, 1.165) is 16.8 Å². The number of hydrogen-bond acceptors (Lipinski definition) is 4. The molecular weight excluding hydrogens is 352 g/mol. The van der Waals surface area contributed by atoms with Crippen LogP contribution in [0.15, 0.2) is 53.1 Å². The Morgan fingerprint density at radius 2 is 1.96 bits per heavy atom. The SMILES string of the molecule is COc1ccccc1C(=O)N1CCc2noc(-c3ccc(Cl)cc3)c2C1. The molecule has 1 amide bonds. The van der Waals surface area contributed by atoms with Gasteiger partial charge in [-0.25, -0.2) is 0 Å². The highest BCUT2D eigenvalue weighted by atomic mass is 35.5. The average molecular weight is 369 g/mol. The number of halogens is 1. The van der Waals surface area contributed by atoms with E-state index in [0.29, 0.717) is 41.6 Å². The van der Waals surface area contributed by atoms with Crippen LogP contribution in [0, 0.1) is 0 Å². The molecule has 3 aromatic rings. The minimum Gasteiger partial charge on any atom is -0.496 e. The van der Waals surface area contributed by atoms with Crippen molar-refractivity contribution < 1.29 is 14.1 Å². The second kappa shape index (κ2) is 6.84. The number of carbonyl (C=O) groups excluding carboxylic acids is 1. The highest BCUT2D eigenvalue weighted by Gasteiger charge is 2.29. The molecule has 0 spiro atoms. The number of carbonyl (C=O) groups is 1. The molecule has 0 atom stereocenters. The van der Waals surface area contributed by atoms with Gasteiger partial charge >= 0.3 is 0 Å². The molecule has 0 bridgehead atoms. The van der Waals surface area contributed by atoms with Crippen LogP contribution in [0.1, 0.15) is 21.6 Å². The molecule has 132 valence electrons. The second-order valence-corrected chi connectivity index (χ2v) is 6.56. The number of benzene rings is 2. The first-order valence-corrected chi connectivity index (χ1v) is 8.71. The summed E-state index contributed by atoms with van der Waals surface area (Å²) in [4.78, 5) is 14.8. The Labute approximate surface area is 156 Å². The topological polar surface area (TPSA) is 55.6 Å². The summed E-state index contributed by atoms with van der Waals surface area (Å²) in [6.45, 7) is 1.05. The number of methoxy groups -OCH3 is 1. The highest BCUT2D eigenvalue weighted by Crippen LogP contribution is 2.32. The summed E-state index contributed by atoms with van der Waals surface area (Å²) in [5.41, 5.74) is 3.30. The number of rotatable bonds is 3. The van der Waals surface area contributed by atoms with E-state index in [9.17, 15) is 4.79 Å². The van der Waals surface area contributed by atoms with Crippen molar-refractivity contribution in [2.45, 2.75) is 13.0 Å². The molecule has 5 nitrogen and oxygen atoms in total. The van der Waals surface area contributed by atoms with Crippen LogP contribution in [-0.4, -0.2) is 29.6 Å². The Hall–Kier alpha value is -2.79. The molecule has 6 heteroatoms. The maximum absolute atomic E-state index is 13.0. The molecular formula is C20H17ClN2O3. The van der Waals surface area contributed by atoms with Gasteiger partial charge in [0.1, 0.15) is 5.75 Å². The van der Waals surface area contributed by atoms with Crippen molar-refractivity contribution in [1.29, 1.82) is 0 Å². The van der Waals surface area contributed by atoms with Crippen LogP contribution in [0.2, 0.25) is 5.02 Å². The van der Waals surface area contributed by atoms with Crippen LogP contribution in [0.3, 0.4) is 0 Å². The fourth-order valence-corrected chi connectivity index (χ4v) is 3.33. The summed E-state index contributed by atoms with van der Waals surface area (Å²) in [5.74, 6) is 1.21. The predicted octanol–water partition coefficient (Wildman–Crippen LogP) is 4.20. The zero-order valence-corrected chi connectivity index (χ0v) is 15.0. The molecule has 0 saturated carbocycles. The fraction of sp³-hybridized carbons (Fsp3) is 0.200.